The molecule has 0 aromatic heterocycles. The molecule has 0 fully saturated rings. The third-order valence-electron chi connectivity index (χ3n) is 3.45. The molecule has 0 aliphatic carbocycles. The summed E-state index contributed by atoms with van der Waals surface area (Å²) in [6.07, 6.45) is 1.55. The predicted octanol–water partition coefficient (Wildman–Crippen LogP) is 1.97. The third kappa shape index (κ3) is 3.96. The topological polar surface area (TPSA) is 66.4 Å². The highest BCUT2D eigenvalue weighted by Crippen LogP contribution is 2.49. The van der Waals surface area contributed by atoms with Gasteiger partial charge >= 0.3 is 0 Å². The second-order valence-electron chi connectivity index (χ2n) is 4.68. The molecule has 0 saturated heterocycles. The fraction of sp³-hybridized carbons (Fsp3) is 0.625. The summed E-state index contributed by atoms with van der Waals surface area (Å²) in [6.45, 7) is 2.92. The van der Waals surface area contributed by atoms with Crippen molar-refractivity contribution in [1.82, 2.24) is 0 Å². The van der Waals surface area contributed by atoms with Crippen molar-refractivity contribution in [3.8, 4) is 23.0 Å². The van der Waals surface area contributed by atoms with Crippen LogP contribution in [0.2, 0.25) is 0 Å². The average Bonchev–Trinajstić information content (AvgIpc) is 2.54. The lowest BCUT2D eigenvalue weighted by atomic mass is 10.00. The summed E-state index contributed by atoms with van der Waals surface area (Å²) in [5, 5.41) is 8.71. The fourth-order valence-electron chi connectivity index (χ4n) is 2.47. The van der Waals surface area contributed by atoms with Gasteiger partial charge in [0.25, 0.3) is 0 Å². The van der Waals surface area contributed by atoms with Gasteiger partial charge in [0.1, 0.15) is 0 Å². The predicted molar refractivity (Wildman–Crippen MR) is 83.6 cm³/mol. The quantitative estimate of drug-likeness (QED) is 0.666. The first-order chi connectivity index (χ1) is 10.7. The van der Waals surface area contributed by atoms with E-state index in [9.17, 15) is 0 Å². The van der Waals surface area contributed by atoms with Crippen LogP contribution < -0.4 is 18.9 Å². The van der Waals surface area contributed by atoms with Gasteiger partial charge in [0.15, 0.2) is 11.5 Å². The molecule has 0 saturated carbocycles. The van der Waals surface area contributed by atoms with Gasteiger partial charge in [-0.2, -0.15) is 0 Å². The molecule has 6 heteroatoms. The highest BCUT2D eigenvalue weighted by Gasteiger charge is 2.24. The second-order valence-corrected chi connectivity index (χ2v) is 4.68. The lowest BCUT2D eigenvalue weighted by Crippen LogP contribution is -2.06. The minimum absolute atomic E-state index is 0.0343. The summed E-state index contributed by atoms with van der Waals surface area (Å²) in [6, 6.07) is 0. The van der Waals surface area contributed by atoms with E-state index in [1.165, 1.54) is 0 Å². The highest BCUT2D eigenvalue weighted by molar-refractivity contribution is 5.66. The zero-order valence-electron chi connectivity index (χ0n) is 14.0. The van der Waals surface area contributed by atoms with Crippen molar-refractivity contribution in [2.45, 2.75) is 19.8 Å². The van der Waals surface area contributed by atoms with E-state index in [1.807, 2.05) is 6.92 Å². The summed E-state index contributed by atoms with van der Waals surface area (Å²) >= 11 is 0. The van der Waals surface area contributed by atoms with Gasteiger partial charge in [-0.15, -0.1) is 0 Å². The van der Waals surface area contributed by atoms with Gasteiger partial charge in [-0.05, 0) is 19.8 Å². The van der Waals surface area contributed by atoms with Gasteiger partial charge in [-0.1, -0.05) is 0 Å². The molecule has 1 N–H and O–H groups in total. The summed E-state index contributed by atoms with van der Waals surface area (Å²) in [4.78, 5) is 0. The first-order valence-electron chi connectivity index (χ1n) is 7.20. The Morgan fingerprint density at radius 1 is 0.773 bits per heavy atom. The SMILES string of the molecule is COc1c(C)c(CCCOCCO)c(OC)c(OC)c1OC. The van der Waals surface area contributed by atoms with E-state index in [1.54, 1.807) is 28.4 Å². The van der Waals surface area contributed by atoms with Gasteiger partial charge in [-0.3, -0.25) is 0 Å². The molecule has 0 bridgehead atoms. The molecule has 6 nitrogen and oxygen atoms in total. The number of ether oxygens (including phenoxy) is 5. The van der Waals surface area contributed by atoms with E-state index in [0.717, 1.165) is 24.0 Å². The first-order valence-corrected chi connectivity index (χ1v) is 7.20. The first kappa shape index (κ1) is 18.4. The Morgan fingerprint density at radius 2 is 1.32 bits per heavy atom. The molecule has 0 atom stereocenters. The Kier molecular flexibility index (Phi) is 7.84. The second kappa shape index (κ2) is 9.38. The van der Waals surface area contributed by atoms with Crippen LogP contribution in [0.5, 0.6) is 23.0 Å². The standard InChI is InChI=1S/C16H26O6/c1-11-12(7-6-9-22-10-8-17)14(19-3)16(21-5)15(20-4)13(11)18-2/h17H,6-10H2,1-5H3. The van der Waals surface area contributed by atoms with Gasteiger partial charge in [0.2, 0.25) is 11.5 Å². The van der Waals surface area contributed by atoms with E-state index in [4.69, 9.17) is 28.8 Å². The Balaban J connectivity index is 3.13. The zero-order chi connectivity index (χ0) is 16.5. The minimum Gasteiger partial charge on any atom is -0.492 e. The molecular formula is C16H26O6. The summed E-state index contributed by atoms with van der Waals surface area (Å²) in [5.41, 5.74) is 1.96. The Bertz CT molecular complexity index is 472. The molecule has 1 aromatic rings. The van der Waals surface area contributed by atoms with Crippen LogP contribution in [-0.2, 0) is 11.2 Å². The molecule has 0 heterocycles. The lowest BCUT2D eigenvalue weighted by molar-refractivity contribution is 0.0907. The maximum atomic E-state index is 8.71. The van der Waals surface area contributed by atoms with Crippen molar-refractivity contribution in [2.24, 2.45) is 0 Å². The Morgan fingerprint density at radius 3 is 1.82 bits per heavy atom. The third-order valence-corrected chi connectivity index (χ3v) is 3.45. The van der Waals surface area contributed by atoms with Crippen LogP contribution in [0.1, 0.15) is 17.5 Å². The molecule has 0 aliphatic heterocycles. The number of aliphatic hydroxyl groups excluding tert-OH is 1. The number of aliphatic hydroxyl groups is 1. The van der Waals surface area contributed by atoms with Crippen LogP contribution in [0.4, 0.5) is 0 Å². The molecule has 1 aromatic carbocycles. The summed E-state index contributed by atoms with van der Waals surface area (Å²) < 4.78 is 27.2. The molecule has 0 radical (unpaired) electrons. The smallest absolute Gasteiger partial charge is 0.207 e. The van der Waals surface area contributed by atoms with Crippen LogP contribution in [0.25, 0.3) is 0 Å². The van der Waals surface area contributed by atoms with Crippen LogP contribution >= 0.6 is 0 Å². The molecule has 126 valence electrons. The van der Waals surface area contributed by atoms with E-state index >= 15 is 0 Å². The Labute approximate surface area is 131 Å². The van der Waals surface area contributed by atoms with Crippen molar-refractivity contribution >= 4 is 0 Å². The van der Waals surface area contributed by atoms with Crippen molar-refractivity contribution < 1.29 is 28.8 Å². The Hall–Kier alpha value is -1.66. The number of hydrogen-bond acceptors (Lipinski definition) is 6. The lowest BCUT2D eigenvalue weighted by Gasteiger charge is -2.21. The average molecular weight is 314 g/mol. The van der Waals surface area contributed by atoms with Gasteiger partial charge in [0, 0.05) is 17.7 Å². The maximum Gasteiger partial charge on any atom is 0.207 e. The monoisotopic (exact) mass is 314 g/mol. The molecule has 0 aliphatic rings. The normalized spacial score (nSPS) is 10.5. The molecule has 0 unspecified atom stereocenters. The highest BCUT2D eigenvalue weighted by atomic mass is 16.5. The van der Waals surface area contributed by atoms with Crippen LogP contribution in [0.3, 0.4) is 0 Å². The molecule has 0 spiro atoms. The van der Waals surface area contributed by atoms with Crippen LogP contribution in [-0.4, -0.2) is 53.4 Å². The molecule has 1 rings (SSSR count). The van der Waals surface area contributed by atoms with Crippen molar-refractivity contribution in [3.63, 3.8) is 0 Å². The van der Waals surface area contributed by atoms with E-state index in [-0.39, 0.29) is 6.61 Å². The summed E-state index contributed by atoms with van der Waals surface area (Å²) in [5.74, 6) is 2.35. The number of methoxy groups -OCH3 is 4. The fourth-order valence-corrected chi connectivity index (χ4v) is 2.47. The minimum atomic E-state index is 0.0343. The van der Waals surface area contributed by atoms with Crippen molar-refractivity contribution in [2.75, 3.05) is 48.3 Å². The van der Waals surface area contributed by atoms with E-state index < -0.39 is 0 Å². The molecule has 22 heavy (non-hydrogen) atoms. The van der Waals surface area contributed by atoms with E-state index in [0.29, 0.717) is 36.2 Å². The summed E-state index contributed by atoms with van der Waals surface area (Å²) in [7, 11) is 6.35. The van der Waals surface area contributed by atoms with Gasteiger partial charge in [-0.25, -0.2) is 0 Å². The van der Waals surface area contributed by atoms with Crippen LogP contribution in [0.15, 0.2) is 0 Å². The maximum absolute atomic E-state index is 8.71. The molecular weight excluding hydrogens is 288 g/mol. The molecule has 0 amide bonds. The number of rotatable bonds is 10. The largest absolute Gasteiger partial charge is 0.492 e. The zero-order valence-corrected chi connectivity index (χ0v) is 14.0. The van der Waals surface area contributed by atoms with Crippen molar-refractivity contribution in [3.05, 3.63) is 11.1 Å². The van der Waals surface area contributed by atoms with Gasteiger partial charge < -0.3 is 28.8 Å². The number of benzene rings is 1. The van der Waals surface area contributed by atoms with E-state index in [2.05, 4.69) is 0 Å². The van der Waals surface area contributed by atoms with Crippen molar-refractivity contribution in [1.29, 1.82) is 0 Å². The number of hydrogen-bond donors (Lipinski definition) is 1. The van der Waals surface area contributed by atoms with Gasteiger partial charge in [0.05, 0.1) is 41.7 Å². The van der Waals surface area contributed by atoms with Crippen LogP contribution in [0, 0.1) is 6.92 Å².